The number of halogens is 2. The minimum Gasteiger partial charge on any atom is -0.343 e. The van der Waals surface area contributed by atoms with Crippen molar-refractivity contribution in [2.75, 3.05) is 13.1 Å². The molecule has 1 aliphatic rings. The van der Waals surface area contributed by atoms with Crippen molar-refractivity contribution in [2.45, 2.75) is 32.2 Å². The van der Waals surface area contributed by atoms with Crippen LogP contribution in [0, 0.1) is 5.82 Å². The van der Waals surface area contributed by atoms with E-state index in [4.69, 9.17) is 16.1 Å². The fourth-order valence-electron chi connectivity index (χ4n) is 3.87. The molecule has 0 N–H and O–H groups in total. The van der Waals surface area contributed by atoms with Crippen LogP contribution in [0.25, 0.3) is 33.9 Å². The van der Waals surface area contributed by atoms with Crippen molar-refractivity contribution in [2.24, 2.45) is 0 Å². The van der Waals surface area contributed by atoms with Gasteiger partial charge in [0.25, 0.3) is 5.89 Å². The van der Waals surface area contributed by atoms with Crippen molar-refractivity contribution < 1.29 is 13.7 Å². The van der Waals surface area contributed by atoms with Crippen molar-refractivity contribution in [1.29, 1.82) is 0 Å². The van der Waals surface area contributed by atoms with E-state index in [1.807, 2.05) is 23.1 Å². The minimum atomic E-state index is -0.513. The van der Waals surface area contributed by atoms with Gasteiger partial charge in [0, 0.05) is 30.6 Å². The Bertz CT molecular complexity index is 1280. The van der Waals surface area contributed by atoms with E-state index >= 15 is 0 Å². The zero-order valence-electron chi connectivity index (χ0n) is 17.2. The van der Waals surface area contributed by atoms with Crippen LogP contribution in [-0.4, -0.2) is 49.0 Å². The molecule has 3 heterocycles. The van der Waals surface area contributed by atoms with Gasteiger partial charge >= 0.3 is 0 Å². The number of aryl methyl sites for hydroxylation is 1. The van der Waals surface area contributed by atoms with E-state index in [9.17, 15) is 9.18 Å². The standard InChI is InChI=1S/C22H20ClFN6O2/c23-16-12-15(4-6-17(16)24)22-25-21(27-32-22)14-5-7-19-18(13-14)26-28-30(19)11-8-20(31)29-9-2-1-3-10-29/h4-7,12-13H,1-3,8-11H2. The van der Waals surface area contributed by atoms with Crippen LogP contribution >= 0.6 is 11.6 Å². The smallest absolute Gasteiger partial charge is 0.258 e. The summed E-state index contributed by atoms with van der Waals surface area (Å²) in [7, 11) is 0. The first-order valence-corrected chi connectivity index (χ1v) is 10.9. The third kappa shape index (κ3) is 4.08. The number of amides is 1. The van der Waals surface area contributed by atoms with Gasteiger partial charge in [-0.25, -0.2) is 9.07 Å². The Morgan fingerprint density at radius 1 is 1.09 bits per heavy atom. The van der Waals surface area contributed by atoms with Crippen molar-refractivity contribution in [3.05, 3.63) is 47.2 Å². The maximum Gasteiger partial charge on any atom is 0.258 e. The Labute approximate surface area is 188 Å². The van der Waals surface area contributed by atoms with E-state index in [0.717, 1.165) is 31.4 Å². The summed E-state index contributed by atoms with van der Waals surface area (Å²) in [6.07, 6.45) is 3.74. The molecule has 1 aliphatic heterocycles. The van der Waals surface area contributed by atoms with Crippen LogP contribution in [0.15, 0.2) is 40.9 Å². The molecule has 10 heteroatoms. The number of rotatable bonds is 5. The van der Waals surface area contributed by atoms with Crippen LogP contribution in [0.1, 0.15) is 25.7 Å². The molecular weight excluding hydrogens is 435 g/mol. The molecule has 0 aliphatic carbocycles. The average Bonchev–Trinajstić information content (AvgIpc) is 3.47. The second kappa shape index (κ2) is 8.66. The molecular formula is C22H20ClFN6O2. The van der Waals surface area contributed by atoms with Crippen molar-refractivity contribution >= 4 is 28.5 Å². The molecule has 0 atom stereocenters. The molecule has 1 fully saturated rings. The first kappa shape index (κ1) is 20.6. The largest absolute Gasteiger partial charge is 0.343 e. The number of carbonyl (C=O) groups is 1. The summed E-state index contributed by atoms with van der Waals surface area (Å²) in [4.78, 5) is 18.8. The molecule has 4 aromatic rings. The molecule has 5 rings (SSSR count). The number of nitrogens with zero attached hydrogens (tertiary/aromatic N) is 6. The van der Waals surface area contributed by atoms with E-state index in [2.05, 4.69) is 20.5 Å². The second-order valence-corrected chi connectivity index (χ2v) is 8.17. The molecule has 0 saturated carbocycles. The van der Waals surface area contributed by atoms with Crippen LogP contribution in [0.5, 0.6) is 0 Å². The molecule has 1 saturated heterocycles. The van der Waals surface area contributed by atoms with Gasteiger partial charge in [-0.1, -0.05) is 22.0 Å². The quantitative estimate of drug-likeness (QED) is 0.445. The van der Waals surface area contributed by atoms with Crippen molar-refractivity contribution in [1.82, 2.24) is 30.0 Å². The van der Waals surface area contributed by atoms with Gasteiger partial charge in [0.1, 0.15) is 11.3 Å². The maximum atomic E-state index is 13.4. The van der Waals surface area contributed by atoms with Crippen LogP contribution < -0.4 is 0 Å². The molecule has 32 heavy (non-hydrogen) atoms. The highest BCUT2D eigenvalue weighted by Gasteiger charge is 2.18. The fraction of sp³-hybridized carbons (Fsp3) is 0.318. The third-order valence-corrected chi connectivity index (χ3v) is 5.90. The summed E-state index contributed by atoms with van der Waals surface area (Å²) in [6.45, 7) is 2.16. The van der Waals surface area contributed by atoms with Crippen LogP contribution in [-0.2, 0) is 11.3 Å². The number of likely N-dealkylation sites (tertiary alicyclic amines) is 1. The van der Waals surface area contributed by atoms with Gasteiger partial charge in [-0.3, -0.25) is 4.79 Å². The number of hydrogen-bond donors (Lipinski definition) is 0. The zero-order valence-corrected chi connectivity index (χ0v) is 17.9. The maximum absolute atomic E-state index is 13.4. The van der Waals surface area contributed by atoms with Gasteiger partial charge in [-0.05, 0) is 55.7 Å². The predicted octanol–water partition coefficient (Wildman–Crippen LogP) is 4.34. The lowest BCUT2D eigenvalue weighted by Crippen LogP contribution is -2.36. The molecule has 164 valence electrons. The molecule has 1 amide bonds. The zero-order chi connectivity index (χ0) is 22.1. The highest BCUT2D eigenvalue weighted by atomic mass is 35.5. The Kier molecular flexibility index (Phi) is 5.57. The van der Waals surface area contributed by atoms with E-state index in [1.165, 1.54) is 24.6 Å². The van der Waals surface area contributed by atoms with Gasteiger partial charge in [0.05, 0.1) is 17.1 Å². The lowest BCUT2D eigenvalue weighted by Gasteiger charge is -2.26. The number of piperidine rings is 1. The van der Waals surface area contributed by atoms with Gasteiger partial charge in [0.2, 0.25) is 11.7 Å². The van der Waals surface area contributed by atoms with Crippen molar-refractivity contribution in [3.8, 4) is 22.8 Å². The Morgan fingerprint density at radius 2 is 1.91 bits per heavy atom. The molecule has 2 aromatic heterocycles. The van der Waals surface area contributed by atoms with E-state index in [-0.39, 0.29) is 16.8 Å². The normalized spacial score (nSPS) is 14.2. The number of carbonyl (C=O) groups excluding carboxylic acids is 1. The summed E-state index contributed by atoms with van der Waals surface area (Å²) in [5, 5.41) is 12.4. The van der Waals surface area contributed by atoms with E-state index < -0.39 is 5.82 Å². The summed E-state index contributed by atoms with van der Waals surface area (Å²) in [5.74, 6) is 0.255. The van der Waals surface area contributed by atoms with Crippen LogP contribution in [0.2, 0.25) is 5.02 Å². The van der Waals surface area contributed by atoms with Gasteiger partial charge in [-0.2, -0.15) is 4.98 Å². The van der Waals surface area contributed by atoms with Crippen LogP contribution in [0.4, 0.5) is 4.39 Å². The summed E-state index contributed by atoms with van der Waals surface area (Å²) in [5.41, 5.74) is 2.73. The topological polar surface area (TPSA) is 89.9 Å². The first-order valence-electron chi connectivity index (χ1n) is 10.5. The second-order valence-electron chi connectivity index (χ2n) is 7.76. The molecule has 0 spiro atoms. The Balaban J connectivity index is 1.32. The van der Waals surface area contributed by atoms with Gasteiger partial charge in [0.15, 0.2) is 0 Å². The Morgan fingerprint density at radius 3 is 2.72 bits per heavy atom. The predicted molar refractivity (Wildman–Crippen MR) is 116 cm³/mol. The lowest BCUT2D eigenvalue weighted by molar-refractivity contribution is -0.132. The Hall–Kier alpha value is -3.33. The van der Waals surface area contributed by atoms with Crippen LogP contribution in [0.3, 0.4) is 0 Å². The SMILES string of the molecule is O=C(CCn1nnc2cc(-c3noc(-c4ccc(F)c(Cl)c4)n3)ccc21)N1CCCCC1. The van der Waals surface area contributed by atoms with E-state index in [0.29, 0.717) is 35.4 Å². The summed E-state index contributed by atoms with van der Waals surface area (Å²) in [6, 6.07) is 9.76. The number of fused-ring (bicyclic) bond motifs is 1. The highest BCUT2D eigenvalue weighted by Crippen LogP contribution is 2.27. The first-order chi connectivity index (χ1) is 15.6. The average molecular weight is 455 g/mol. The van der Waals surface area contributed by atoms with Gasteiger partial charge < -0.3 is 9.42 Å². The number of benzene rings is 2. The summed E-state index contributed by atoms with van der Waals surface area (Å²) < 4.78 is 20.4. The number of aromatic nitrogens is 5. The minimum absolute atomic E-state index is 0.0148. The molecule has 0 unspecified atom stereocenters. The number of hydrogen-bond acceptors (Lipinski definition) is 6. The van der Waals surface area contributed by atoms with Gasteiger partial charge in [-0.15, -0.1) is 5.10 Å². The fourth-order valence-corrected chi connectivity index (χ4v) is 4.05. The monoisotopic (exact) mass is 454 g/mol. The highest BCUT2D eigenvalue weighted by molar-refractivity contribution is 6.31. The molecule has 8 nitrogen and oxygen atoms in total. The molecule has 0 bridgehead atoms. The third-order valence-electron chi connectivity index (χ3n) is 5.61. The molecule has 0 radical (unpaired) electrons. The molecule has 2 aromatic carbocycles. The lowest BCUT2D eigenvalue weighted by atomic mass is 10.1. The van der Waals surface area contributed by atoms with Crippen molar-refractivity contribution in [3.63, 3.8) is 0 Å². The van der Waals surface area contributed by atoms with E-state index in [1.54, 1.807) is 4.68 Å². The summed E-state index contributed by atoms with van der Waals surface area (Å²) >= 11 is 5.84.